The highest BCUT2D eigenvalue weighted by atomic mass is 32.1. The molecule has 59 heavy (non-hydrogen) atoms. The van der Waals surface area contributed by atoms with Crippen LogP contribution in [0.3, 0.4) is 0 Å². The van der Waals surface area contributed by atoms with Crippen LogP contribution in [0.1, 0.15) is 31.2 Å². The van der Waals surface area contributed by atoms with Gasteiger partial charge >= 0.3 is 0 Å². The maximum Gasteiger partial charge on any atom is 0.143 e. The van der Waals surface area contributed by atoms with Crippen LogP contribution < -0.4 is 5.32 Å². The topological polar surface area (TPSA) is 49.9 Å². The number of benzene rings is 6. The van der Waals surface area contributed by atoms with E-state index in [9.17, 15) is 0 Å². The van der Waals surface area contributed by atoms with Gasteiger partial charge in [-0.15, -0.1) is 22.7 Å². The highest BCUT2D eigenvalue weighted by Crippen LogP contribution is 2.47. The molecule has 6 heteroatoms. The van der Waals surface area contributed by atoms with Crippen LogP contribution in [0, 0.1) is 0 Å². The van der Waals surface area contributed by atoms with Gasteiger partial charge in [0.15, 0.2) is 0 Å². The number of amidine groups is 1. The number of furan rings is 1. The van der Waals surface area contributed by atoms with Gasteiger partial charge in [-0.25, -0.2) is 0 Å². The van der Waals surface area contributed by atoms with Crippen molar-refractivity contribution in [3.63, 3.8) is 0 Å². The third-order valence-electron chi connectivity index (χ3n) is 11.4. The molecular formula is C53H43N3OS2. The lowest BCUT2D eigenvalue weighted by Gasteiger charge is -2.15. The SMILES string of the molecule is C=NCc1cccc2oc3c(-c4cccc5c4sc4ccccc45)cc(-c4cccc5c4sc4ccccc45)cc3c12.CN=C(NCC1=CCCC=C1)C1=CC=CCC1. The molecular weight excluding hydrogens is 759 g/mol. The fourth-order valence-electron chi connectivity index (χ4n) is 8.66. The second-order valence-corrected chi connectivity index (χ2v) is 17.2. The molecule has 3 heterocycles. The van der Waals surface area contributed by atoms with Crippen molar-refractivity contribution in [1.29, 1.82) is 0 Å². The molecule has 6 aromatic carbocycles. The molecule has 0 fully saturated rings. The Balaban J connectivity index is 0.000000208. The van der Waals surface area contributed by atoms with Crippen LogP contribution >= 0.6 is 22.7 Å². The standard InChI is InChI=1S/C38H23NOS2.C15H20N2/c1-39-21-22-9-6-16-32-35(22)31-20-23(24-12-7-13-27-25-10-2-4-17-33(25)41-37(24)27)19-30(36(31)40-32)29-15-8-14-28-26-11-3-5-18-34(26)42-38(28)29;1-16-15(14-10-6-3-7-11-14)17-12-13-8-4-2-5-9-13/h2-20H,1,21H2;3-4,6,8-10H,2,5,7,11-12H2,1H3,(H,16,17). The minimum absolute atomic E-state index is 0.545. The van der Waals surface area contributed by atoms with Crippen LogP contribution in [-0.4, -0.2) is 26.1 Å². The van der Waals surface area contributed by atoms with Gasteiger partial charge in [0, 0.05) is 75.8 Å². The molecule has 4 nitrogen and oxygen atoms in total. The summed E-state index contributed by atoms with van der Waals surface area (Å²) < 4.78 is 11.9. The molecule has 2 aliphatic carbocycles. The van der Waals surface area contributed by atoms with Crippen molar-refractivity contribution in [3.8, 4) is 22.3 Å². The lowest BCUT2D eigenvalue weighted by Crippen LogP contribution is -2.27. The van der Waals surface area contributed by atoms with E-state index < -0.39 is 0 Å². The maximum atomic E-state index is 6.72. The van der Waals surface area contributed by atoms with Crippen molar-refractivity contribution in [2.45, 2.75) is 32.2 Å². The van der Waals surface area contributed by atoms with E-state index in [0.717, 1.165) is 64.7 Å². The van der Waals surface area contributed by atoms with E-state index in [1.807, 2.05) is 29.7 Å². The Bertz CT molecular complexity index is 3240. The Hall–Kier alpha value is -6.34. The first-order chi connectivity index (χ1) is 29.2. The molecule has 3 aromatic heterocycles. The van der Waals surface area contributed by atoms with Crippen LogP contribution in [0.2, 0.25) is 0 Å². The molecule has 0 spiro atoms. The van der Waals surface area contributed by atoms with Gasteiger partial charge in [0.1, 0.15) is 17.0 Å². The quantitative estimate of drug-likeness (QED) is 0.129. The first kappa shape index (κ1) is 37.0. The van der Waals surface area contributed by atoms with E-state index in [-0.39, 0.29) is 0 Å². The van der Waals surface area contributed by atoms with Crippen molar-refractivity contribution in [1.82, 2.24) is 5.32 Å². The molecule has 0 amide bonds. The van der Waals surface area contributed by atoms with Gasteiger partial charge in [0.25, 0.3) is 0 Å². The summed E-state index contributed by atoms with van der Waals surface area (Å²) in [4.78, 5) is 8.59. The molecule has 2 aliphatic rings. The molecule has 0 unspecified atom stereocenters. The summed E-state index contributed by atoms with van der Waals surface area (Å²) in [6.45, 7) is 5.21. The minimum atomic E-state index is 0.545. The molecule has 0 bridgehead atoms. The summed E-state index contributed by atoms with van der Waals surface area (Å²) in [6, 6.07) is 41.7. The van der Waals surface area contributed by atoms with Gasteiger partial charge in [-0.1, -0.05) is 121 Å². The summed E-state index contributed by atoms with van der Waals surface area (Å²) in [5.41, 5.74) is 10.4. The van der Waals surface area contributed by atoms with Crippen molar-refractivity contribution < 1.29 is 4.42 Å². The van der Waals surface area contributed by atoms with Gasteiger partial charge in [0.2, 0.25) is 0 Å². The first-order valence-electron chi connectivity index (χ1n) is 20.3. The number of aliphatic imine (C=N–C) groups is 2. The number of nitrogens with one attached hydrogen (secondary N) is 1. The second-order valence-electron chi connectivity index (χ2n) is 15.1. The van der Waals surface area contributed by atoms with Gasteiger partial charge in [-0.05, 0) is 90.6 Å². The summed E-state index contributed by atoms with van der Waals surface area (Å²) in [7, 11) is 1.85. The zero-order valence-electron chi connectivity index (χ0n) is 33.0. The summed E-state index contributed by atoms with van der Waals surface area (Å²) in [5, 5.41) is 10.9. The fraction of sp³-hybridized carbons (Fsp3) is 0.132. The number of nitrogens with zero attached hydrogens (tertiary/aromatic N) is 2. The monoisotopic (exact) mass is 801 g/mol. The number of fused-ring (bicyclic) bond motifs is 9. The van der Waals surface area contributed by atoms with E-state index in [1.54, 1.807) is 0 Å². The van der Waals surface area contributed by atoms with Crippen LogP contribution in [0.4, 0.5) is 0 Å². The van der Waals surface area contributed by atoms with E-state index in [4.69, 9.17) is 4.42 Å². The zero-order valence-corrected chi connectivity index (χ0v) is 34.6. The molecule has 0 radical (unpaired) electrons. The van der Waals surface area contributed by atoms with Crippen LogP contribution in [0.25, 0.3) is 84.5 Å². The smallest absolute Gasteiger partial charge is 0.143 e. The molecule has 11 rings (SSSR count). The van der Waals surface area contributed by atoms with E-state index >= 15 is 0 Å². The molecule has 1 N–H and O–H groups in total. The summed E-state index contributed by atoms with van der Waals surface area (Å²) >= 11 is 3.72. The third kappa shape index (κ3) is 6.92. The molecule has 288 valence electrons. The Kier molecular flexibility index (Phi) is 10.1. The van der Waals surface area contributed by atoms with Crippen molar-refractivity contribution >= 4 is 97.5 Å². The lowest BCUT2D eigenvalue weighted by molar-refractivity contribution is 0.670. The third-order valence-corrected chi connectivity index (χ3v) is 13.9. The van der Waals surface area contributed by atoms with Gasteiger partial charge in [-0.2, -0.15) is 0 Å². The van der Waals surface area contributed by atoms with Crippen molar-refractivity contribution in [2.24, 2.45) is 9.98 Å². The molecule has 0 aliphatic heterocycles. The van der Waals surface area contributed by atoms with Gasteiger partial charge < -0.3 is 9.73 Å². The highest BCUT2D eigenvalue weighted by Gasteiger charge is 2.21. The predicted molar refractivity (Wildman–Crippen MR) is 258 cm³/mol. The van der Waals surface area contributed by atoms with E-state index in [2.05, 4.69) is 174 Å². The average molecular weight is 802 g/mol. The van der Waals surface area contributed by atoms with Crippen molar-refractivity contribution in [2.75, 3.05) is 13.6 Å². The number of hydrogen-bond donors (Lipinski definition) is 1. The summed E-state index contributed by atoms with van der Waals surface area (Å²) in [6.07, 6.45) is 17.8. The molecule has 0 atom stereocenters. The van der Waals surface area contributed by atoms with Gasteiger partial charge in [-0.3, -0.25) is 9.98 Å². The Morgan fingerprint density at radius 2 is 1.42 bits per heavy atom. The first-order valence-corrected chi connectivity index (χ1v) is 22.0. The normalized spacial score (nSPS) is 14.3. The lowest BCUT2D eigenvalue weighted by atomic mass is 9.93. The van der Waals surface area contributed by atoms with Crippen LogP contribution in [0.15, 0.2) is 177 Å². The minimum Gasteiger partial charge on any atom is -0.455 e. The van der Waals surface area contributed by atoms with Crippen molar-refractivity contribution in [3.05, 3.63) is 168 Å². The number of thiophene rings is 2. The summed E-state index contributed by atoms with van der Waals surface area (Å²) in [5.74, 6) is 1.04. The Morgan fingerprint density at radius 3 is 2.12 bits per heavy atom. The second kappa shape index (κ2) is 16.1. The molecule has 0 saturated carbocycles. The largest absolute Gasteiger partial charge is 0.455 e. The number of rotatable bonds is 7. The van der Waals surface area contributed by atoms with Crippen LogP contribution in [0.5, 0.6) is 0 Å². The fourth-order valence-corrected chi connectivity index (χ4v) is 11.1. The molecule has 0 saturated heterocycles. The molecule has 9 aromatic rings. The number of allylic oxidation sites excluding steroid dienone is 5. The van der Waals surface area contributed by atoms with Crippen LogP contribution in [-0.2, 0) is 6.54 Å². The maximum absolute atomic E-state index is 6.72. The Labute approximate surface area is 351 Å². The van der Waals surface area contributed by atoms with Gasteiger partial charge in [0.05, 0.1) is 6.54 Å². The zero-order chi connectivity index (χ0) is 39.7. The number of hydrogen-bond acceptors (Lipinski definition) is 5. The predicted octanol–water partition coefficient (Wildman–Crippen LogP) is 15.0. The average Bonchev–Trinajstić information content (AvgIpc) is 3.99. The van der Waals surface area contributed by atoms with E-state index in [1.165, 1.54) is 74.6 Å². The highest BCUT2D eigenvalue weighted by molar-refractivity contribution is 7.26. The van der Waals surface area contributed by atoms with E-state index in [0.29, 0.717) is 6.54 Å². The Morgan fingerprint density at radius 1 is 0.712 bits per heavy atom.